The third kappa shape index (κ3) is 12.2. The number of hydrogen-bond acceptors (Lipinski definition) is 14. The van der Waals surface area contributed by atoms with Crippen molar-refractivity contribution in [3.8, 4) is 5.75 Å². The summed E-state index contributed by atoms with van der Waals surface area (Å²) in [6.07, 6.45) is 2.42. The molecule has 0 radical (unpaired) electrons. The van der Waals surface area contributed by atoms with E-state index in [0.717, 1.165) is 29.1 Å². The van der Waals surface area contributed by atoms with Crippen molar-refractivity contribution in [1.82, 2.24) is 9.80 Å². The molecule has 3 aliphatic heterocycles. The van der Waals surface area contributed by atoms with E-state index in [1.807, 2.05) is 0 Å². The number of ether oxygens (including phenoxy) is 4. The Kier molecular flexibility index (Phi) is 19.9. The van der Waals surface area contributed by atoms with Gasteiger partial charge in [-0.15, -0.1) is 0 Å². The first-order valence-electron chi connectivity index (χ1n) is 21.7. The molecule has 0 saturated carbocycles. The first kappa shape index (κ1) is 48.9. The third-order valence-corrected chi connectivity index (χ3v) is 12.1. The van der Waals surface area contributed by atoms with Gasteiger partial charge in [-0.05, 0) is 30.5 Å². The average molecular weight is 839 g/mol. The quantitative estimate of drug-likeness (QED) is 0.0554. The van der Waals surface area contributed by atoms with Gasteiger partial charge in [0.2, 0.25) is 11.8 Å². The number of benzene rings is 1. The molecule has 7 N–H and O–H groups in total. The van der Waals surface area contributed by atoms with E-state index < -0.39 is 97.7 Å². The van der Waals surface area contributed by atoms with E-state index in [4.69, 9.17) is 18.9 Å². The lowest BCUT2D eigenvalue weighted by Gasteiger charge is -2.52. The van der Waals surface area contributed by atoms with Gasteiger partial charge in [0.05, 0.1) is 19.8 Å². The standard InChI is InChI=1S/C43H70N2O14/c1-4-5-6-7-8-9-10-11-12-13-14-15-16-17-18-19-24-56-29-22-20-28(21-23-29)25-43(40(53)44(2)42(55)45(3)41(43)54)38-35(51)34(50)37(31(27-47)57-38)59-39-36(52)33(49)32(48)30(26-46)58-39/h20-23,30-39,46-52H,4-19,24-27H2,1-3H3/t30-,31-,32-,33+,34-,35-,36-,37-,38-,39-/m1/s1. The molecule has 4 rings (SSSR count). The molecule has 59 heavy (non-hydrogen) atoms. The molecule has 3 saturated heterocycles. The van der Waals surface area contributed by atoms with E-state index in [1.54, 1.807) is 24.3 Å². The fourth-order valence-corrected chi connectivity index (χ4v) is 8.45. The minimum atomic E-state index is -2.31. The van der Waals surface area contributed by atoms with Crippen LogP contribution in [0.25, 0.3) is 0 Å². The van der Waals surface area contributed by atoms with Gasteiger partial charge in [0.1, 0.15) is 60.7 Å². The highest BCUT2D eigenvalue weighted by atomic mass is 16.7. The van der Waals surface area contributed by atoms with E-state index >= 15 is 0 Å². The number of nitrogens with zero attached hydrogens (tertiary/aromatic N) is 2. The number of aliphatic hydroxyl groups is 7. The number of amides is 4. The Balaban J connectivity index is 1.32. The molecule has 16 nitrogen and oxygen atoms in total. The maximum atomic E-state index is 14.1. The highest BCUT2D eigenvalue weighted by Gasteiger charge is 2.65. The van der Waals surface area contributed by atoms with Crippen LogP contribution < -0.4 is 4.74 Å². The number of carbonyl (C=O) groups excluding carboxylic acids is 3. The predicted octanol–water partition coefficient (Wildman–Crippen LogP) is 2.57. The van der Waals surface area contributed by atoms with Gasteiger partial charge in [-0.3, -0.25) is 19.4 Å². The molecule has 0 aliphatic carbocycles. The summed E-state index contributed by atoms with van der Waals surface area (Å²) in [4.78, 5) is 42.6. The molecule has 0 aromatic heterocycles. The van der Waals surface area contributed by atoms with Crippen LogP contribution in [0.1, 0.15) is 115 Å². The van der Waals surface area contributed by atoms with Crippen LogP contribution in [-0.4, -0.2) is 159 Å². The lowest BCUT2D eigenvalue weighted by atomic mass is 9.69. The zero-order valence-electron chi connectivity index (χ0n) is 35.1. The van der Waals surface area contributed by atoms with E-state index in [-0.39, 0.29) is 6.42 Å². The Labute approximate surface area is 348 Å². The number of barbiturate groups is 1. The monoisotopic (exact) mass is 838 g/mol. The average Bonchev–Trinajstić information content (AvgIpc) is 3.24. The summed E-state index contributed by atoms with van der Waals surface area (Å²) in [5, 5.41) is 73.9. The van der Waals surface area contributed by atoms with E-state index in [9.17, 15) is 50.1 Å². The van der Waals surface area contributed by atoms with Crippen molar-refractivity contribution in [3.05, 3.63) is 29.8 Å². The molecule has 0 bridgehead atoms. The van der Waals surface area contributed by atoms with Crippen LogP contribution in [-0.2, 0) is 30.2 Å². The fraction of sp³-hybridized carbons (Fsp3) is 0.791. The SMILES string of the molecule is CCCCCCCCCCCCCCCCCCOc1ccc(CC2([C@@H]3O[C@H](CO)[C@@H](O[C@H]4O[C@H](CO)[C@@H](O)[C@H](O)[C@H]4O)[C@H](O)[C@H]3O)C(=O)N(C)C(=O)N(C)C2=O)cc1. The number of hydrogen-bond donors (Lipinski definition) is 7. The van der Waals surface area contributed by atoms with Crippen LogP contribution in [0.4, 0.5) is 4.79 Å². The number of rotatable bonds is 25. The van der Waals surface area contributed by atoms with Gasteiger partial charge in [-0.1, -0.05) is 115 Å². The van der Waals surface area contributed by atoms with Crippen LogP contribution in [0, 0.1) is 5.41 Å². The lowest BCUT2D eigenvalue weighted by molar-refractivity contribution is -0.345. The summed E-state index contributed by atoms with van der Waals surface area (Å²) < 4.78 is 23.1. The molecule has 4 amide bonds. The van der Waals surface area contributed by atoms with Crippen LogP contribution in [0.15, 0.2) is 24.3 Å². The number of carbonyl (C=O) groups is 3. The molecule has 3 aliphatic rings. The van der Waals surface area contributed by atoms with Crippen LogP contribution in [0.3, 0.4) is 0 Å². The van der Waals surface area contributed by atoms with Gasteiger partial charge in [0.25, 0.3) is 0 Å². The van der Waals surface area contributed by atoms with Crippen molar-refractivity contribution >= 4 is 17.8 Å². The summed E-state index contributed by atoms with van der Waals surface area (Å²) >= 11 is 0. The first-order chi connectivity index (χ1) is 28.3. The van der Waals surface area contributed by atoms with Crippen molar-refractivity contribution in [1.29, 1.82) is 0 Å². The first-order valence-corrected chi connectivity index (χ1v) is 21.7. The molecular weight excluding hydrogens is 768 g/mol. The van der Waals surface area contributed by atoms with Crippen LogP contribution in [0.2, 0.25) is 0 Å². The Morgan fingerprint density at radius 3 is 1.59 bits per heavy atom. The summed E-state index contributed by atoms with van der Waals surface area (Å²) in [5.41, 5.74) is -1.86. The topological polar surface area (TPSA) is 236 Å². The molecule has 3 heterocycles. The molecule has 10 atom stereocenters. The molecular formula is C43H70N2O14. The van der Waals surface area contributed by atoms with Crippen molar-refractivity contribution < 1.29 is 69.1 Å². The number of urea groups is 1. The summed E-state index contributed by atoms with van der Waals surface area (Å²) in [5.74, 6) is -1.43. The number of unbranched alkanes of at least 4 members (excludes halogenated alkanes) is 15. The lowest BCUT2D eigenvalue weighted by Crippen LogP contribution is -2.74. The van der Waals surface area contributed by atoms with Crippen LogP contribution in [0.5, 0.6) is 5.75 Å². The van der Waals surface area contributed by atoms with Crippen molar-refractivity contribution in [3.63, 3.8) is 0 Å². The summed E-state index contributed by atoms with van der Waals surface area (Å²) in [6, 6.07) is 5.78. The largest absolute Gasteiger partial charge is 0.494 e. The zero-order valence-corrected chi connectivity index (χ0v) is 35.1. The molecule has 3 fully saturated rings. The van der Waals surface area contributed by atoms with E-state index in [2.05, 4.69) is 6.92 Å². The van der Waals surface area contributed by atoms with Crippen LogP contribution >= 0.6 is 0 Å². The summed E-state index contributed by atoms with van der Waals surface area (Å²) in [7, 11) is 2.36. The number of imide groups is 2. The van der Waals surface area contributed by atoms with Gasteiger partial charge in [0, 0.05) is 14.1 Å². The van der Waals surface area contributed by atoms with Gasteiger partial charge >= 0.3 is 6.03 Å². The number of aliphatic hydroxyl groups excluding tert-OH is 7. The van der Waals surface area contributed by atoms with Crippen molar-refractivity contribution in [2.75, 3.05) is 33.9 Å². The molecule has 1 aromatic carbocycles. The highest BCUT2D eigenvalue weighted by molar-refractivity contribution is 6.19. The van der Waals surface area contributed by atoms with Gasteiger partial charge in [-0.25, -0.2) is 4.79 Å². The van der Waals surface area contributed by atoms with Gasteiger partial charge in [0.15, 0.2) is 11.7 Å². The normalized spacial score (nSPS) is 30.0. The minimum absolute atomic E-state index is 0.378. The smallest absolute Gasteiger partial charge is 0.332 e. The molecule has 0 spiro atoms. The zero-order chi connectivity index (χ0) is 43.1. The second-order valence-corrected chi connectivity index (χ2v) is 16.5. The Morgan fingerprint density at radius 2 is 1.10 bits per heavy atom. The second-order valence-electron chi connectivity index (χ2n) is 16.5. The van der Waals surface area contributed by atoms with Crippen molar-refractivity contribution in [2.45, 2.75) is 177 Å². The van der Waals surface area contributed by atoms with Gasteiger partial charge in [-0.2, -0.15) is 0 Å². The maximum Gasteiger partial charge on any atom is 0.332 e. The molecule has 16 heteroatoms. The Morgan fingerprint density at radius 1 is 0.610 bits per heavy atom. The molecule has 336 valence electrons. The van der Waals surface area contributed by atoms with Gasteiger partial charge < -0.3 is 54.7 Å². The predicted molar refractivity (Wildman–Crippen MR) is 215 cm³/mol. The highest BCUT2D eigenvalue weighted by Crippen LogP contribution is 2.43. The van der Waals surface area contributed by atoms with Crippen molar-refractivity contribution in [2.24, 2.45) is 5.41 Å². The maximum absolute atomic E-state index is 14.1. The second kappa shape index (κ2) is 24.0. The molecule has 0 unspecified atom stereocenters. The third-order valence-electron chi connectivity index (χ3n) is 12.1. The molecule has 1 aromatic rings. The van der Waals surface area contributed by atoms with E-state index in [1.165, 1.54) is 97.6 Å². The summed E-state index contributed by atoms with van der Waals surface area (Å²) in [6.45, 7) is 1.13. The Hall–Kier alpha value is -2.77. The fourth-order valence-electron chi connectivity index (χ4n) is 8.45. The van der Waals surface area contributed by atoms with E-state index in [0.29, 0.717) is 17.9 Å². The minimum Gasteiger partial charge on any atom is -0.494 e. The Bertz CT molecular complexity index is 1410.